The third-order valence-electron chi connectivity index (χ3n) is 2.60. The topological polar surface area (TPSA) is 107 Å². The van der Waals surface area contributed by atoms with Crippen LogP contribution in [0.15, 0.2) is 35.5 Å². The lowest BCUT2D eigenvalue weighted by Crippen LogP contribution is -2.45. The quantitative estimate of drug-likeness (QED) is 0.403. The Morgan fingerprint density at radius 2 is 2.44 bits per heavy atom. The van der Waals surface area contributed by atoms with E-state index in [0.717, 1.165) is 11.3 Å². The Bertz CT molecular complexity index is 454. The van der Waals surface area contributed by atoms with Gasteiger partial charge in [-0.05, 0) is 12.1 Å². The number of hydrogen-bond acceptors (Lipinski definition) is 6. The van der Waals surface area contributed by atoms with Crippen LogP contribution in [0.25, 0.3) is 0 Å². The smallest absolute Gasteiger partial charge is 0.190 e. The number of nitrogens with one attached hydrogen (secondary N) is 2. The number of guanidine groups is 1. The number of rotatable bonds is 1. The number of aldehydes is 1. The highest BCUT2D eigenvalue weighted by Gasteiger charge is 2.31. The van der Waals surface area contributed by atoms with E-state index in [9.17, 15) is 10.0 Å². The standard InChI is InChI=1S/C6H10N4O.C5H5NO/c7-6-8-4-2-1-3-10(11)5(4)9-6;7-4-5-2-1-3-6-5/h1-2,4-5,11H,3H2,(H3,7,8,9);1-4,6H. The van der Waals surface area contributed by atoms with E-state index < -0.39 is 0 Å². The molecule has 3 heterocycles. The molecule has 2 aliphatic heterocycles. The molecule has 0 saturated heterocycles. The maximum atomic E-state index is 9.84. The average Bonchev–Trinajstić information content (AvgIpc) is 2.98. The first kappa shape index (κ1) is 12.3. The first-order valence-corrected chi connectivity index (χ1v) is 5.51. The van der Waals surface area contributed by atoms with Crippen molar-refractivity contribution in [2.24, 2.45) is 10.7 Å². The van der Waals surface area contributed by atoms with E-state index >= 15 is 0 Å². The number of fused-ring (bicyclic) bond motifs is 1. The van der Waals surface area contributed by atoms with Crippen LogP contribution in [-0.4, -0.2) is 46.3 Å². The van der Waals surface area contributed by atoms with Crippen molar-refractivity contribution >= 4 is 12.2 Å². The van der Waals surface area contributed by atoms with Gasteiger partial charge in [-0.15, -0.1) is 0 Å². The maximum Gasteiger partial charge on any atom is 0.190 e. The second-order valence-corrected chi connectivity index (χ2v) is 3.89. The fourth-order valence-corrected chi connectivity index (χ4v) is 1.75. The molecule has 0 aromatic carbocycles. The molecule has 0 bridgehead atoms. The predicted octanol–water partition coefficient (Wildman–Crippen LogP) is -0.313. The lowest BCUT2D eigenvalue weighted by molar-refractivity contribution is -0.119. The fraction of sp³-hybridized carbons (Fsp3) is 0.273. The molecule has 0 radical (unpaired) electrons. The van der Waals surface area contributed by atoms with Crippen molar-refractivity contribution in [3.8, 4) is 0 Å². The second-order valence-electron chi connectivity index (χ2n) is 3.89. The summed E-state index contributed by atoms with van der Waals surface area (Å²) in [6.45, 7) is 0.514. The summed E-state index contributed by atoms with van der Waals surface area (Å²) in [4.78, 5) is 16.6. The molecule has 3 rings (SSSR count). The molecule has 2 atom stereocenters. The van der Waals surface area contributed by atoms with Crippen molar-refractivity contribution in [1.29, 1.82) is 0 Å². The number of H-pyrrole nitrogens is 1. The number of hydroxylamine groups is 2. The molecule has 7 heteroatoms. The number of aromatic nitrogens is 1. The van der Waals surface area contributed by atoms with Crippen molar-refractivity contribution in [2.45, 2.75) is 12.2 Å². The highest BCUT2D eigenvalue weighted by molar-refractivity contribution is 5.80. The monoisotopic (exact) mass is 249 g/mol. The van der Waals surface area contributed by atoms with Crippen molar-refractivity contribution < 1.29 is 10.0 Å². The normalized spacial score (nSPS) is 25.5. The molecule has 0 saturated carbocycles. The molecule has 18 heavy (non-hydrogen) atoms. The van der Waals surface area contributed by atoms with E-state index in [1.807, 2.05) is 12.2 Å². The van der Waals surface area contributed by atoms with Crippen LogP contribution in [0.3, 0.4) is 0 Å². The van der Waals surface area contributed by atoms with Gasteiger partial charge >= 0.3 is 0 Å². The van der Waals surface area contributed by atoms with E-state index in [-0.39, 0.29) is 12.2 Å². The molecule has 1 aromatic rings. The largest absolute Gasteiger partial charge is 0.370 e. The van der Waals surface area contributed by atoms with Crippen LogP contribution in [0.1, 0.15) is 10.5 Å². The molecule has 96 valence electrons. The molecule has 0 amide bonds. The summed E-state index contributed by atoms with van der Waals surface area (Å²) in [6.07, 6.45) is 6.09. The van der Waals surface area contributed by atoms with Crippen molar-refractivity contribution in [2.75, 3.05) is 6.54 Å². The zero-order chi connectivity index (χ0) is 13.0. The summed E-state index contributed by atoms with van der Waals surface area (Å²) in [6, 6.07) is 3.53. The van der Waals surface area contributed by atoms with Gasteiger partial charge in [0.15, 0.2) is 18.4 Å². The van der Waals surface area contributed by atoms with Gasteiger partial charge in [-0.1, -0.05) is 12.2 Å². The molecule has 7 nitrogen and oxygen atoms in total. The molecule has 2 aliphatic rings. The number of carbonyl (C=O) groups excluding carboxylic acids is 1. The molecule has 5 N–H and O–H groups in total. The van der Waals surface area contributed by atoms with Crippen LogP contribution >= 0.6 is 0 Å². The van der Waals surface area contributed by atoms with Crippen LogP contribution < -0.4 is 11.1 Å². The molecular weight excluding hydrogens is 234 g/mol. The average molecular weight is 249 g/mol. The Morgan fingerprint density at radius 3 is 3.00 bits per heavy atom. The van der Waals surface area contributed by atoms with Gasteiger partial charge in [0, 0.05) is 12.7 Å². The summed E-state index contributed by atoms with van der Waals surface area (Å²) < 4.78 is 0. The minimum Gasteiger partial charge on any atom is -0.370 e. The third kappa shape index (κ3) is 2.76. The first-order valence-electron chi connectivity index (χ1n) is 5.51. The maximum absolute atomic E-state index is 9.84. The second kappa shape index (κ2) is 5.48. The Labute approximate surface area is 104 Å². The van der Waals surface area contributed by atoms with E-state index in [4.69, 9.17) is 5.73 Å². The van der Waals surface area contributed by atoms with Gasteiger partial charge in [-0.2, -0.15) is 5.06 Å². The number of carbonyl (C=O) groups is 1. The van der Waals surface area contributed by atoms with Crippen LogP contribution in [0.5, 0.6) is 0 Å². The van der Waals surface area contributed by atoms with E-state index in [2.05, 4.69) is 15.3 Å². The van der Waals surface area contributed by atoms with E-state index in [0.29, 0.717) is 18.2 Å². The van der Waals surface area contributed by atoms with Gasteiger partial charge in [0.25, 0.3) is 0 Å². The van der Waals surface area contributed by atoms with Crippen molar-refractivity contribution in [1.82, 2.24) is 15.4 Å². The molecule has 0 fully saturated rings. The minimum atomic E-state index is -0.236. The highest BCUT2D eigenvalue weighted by Crippen LogP contribution is 2.14. The molecule has 1 aromatic heterocycles. The van der Waals surface area contributed by atoms with Gasteiger partial charge in [-0.3, -0.25) is 4.79 Å². The number of hydrogen-bond donors (Lipinski definition) is 4. The van der Waals surface area contributed by atoms with Crippen molar-refractivity contribution in [3.05, 3.63) is 36.2 Å². The molecule has 0 spiro atoms. The number of aliphatic imine (C=N–C) groups is 1. The number of nitrogens with zero attached hydrogens (tertiary/aromatic N) is 2. The lowest BCUT2D eigenvalue weighted by atomic mass is 10.2. The van der Waals surface area contributed by atoms with Crippen molar-refractivity contribution in [3.63, 3.8) is 0 Å². The van der Waals surface area contributed by atoms with Crippen LogP contribution in [0.2, 0.25) is 0 Å². The Hall–Kier alpha value is -2.12. The van der Waals surface area contributed by atoms with Crippen LogP contribution in [0.4, 0.5) is 0 Å². The highest BCUT2D eigenvalue weighted by atomic mass is 16.5. The SMILES string of the molecule is NC1=NC2C(C=CCN2O)N1.O=Cc1ccc[nH]1. The Morgan fingerprint density at radius 1 is 1.61 bits per heavy atom. The van der Waals surface area contributed by atoms with Crippen LogP contribution in [0, 0.1) is 0 Å². The summed E-state index contributed by atoms with van der Waals surface area (Å²) in [5, 5.41) is 13.4. The van der Waals surface area contributed by atoms with E-state index in [1.54, 1.807) is 18.3 Å². The van der Waals surface area contributed by atoms with Gasteiger partial charge in [0.2, 0.25) is 0 Å². The molecule has 0 aliphatic carbocycles. The Kier molecular flexibility index (Phi) is 3.75. The van der Waals surface area contributed by atoms with E-state index in [1.165, 1.54) is 0 Å². The van der Waals surface area contributed by atoms with Gasteiger partial charge in [-0.25, -0.2) is 4.99 Å². The molecular formula is C11H15N5O2. The zero-order valence-electron chi connectivity index (χ0n) is 9.65. The summed E-state index contributed by atoms with van der Waals surface area (Å²) in [7, 11) is 0. The number of nitrogens with two attached hydrogens (primary N) is 1. The van der Waals surface area contributed by atoms with Gasteiger partial charge < -0.3 is 21.2 Å². The summed E-state index contributed by atoms with van der Waals surface area (Å²) in [5.74, 6) is 0.394. The lowest BCUT2D eigenvalue weighted by Gasteiger charge is -2.25. The summed E-state index contributed by atoms with van der Waals surface area (Å²) in [5.41, 5.74) is 6.05. The number of aromatic amines is 1. The van der Waals surface area contributed by atoms with Gasteiger partial charge in [0.05, 0.1) is 11.7 Å². The Balaban J connectivity index is 0.000000149. The van der Waals surface area contributed by atoms with Gasteiger partial charge in [0.1, 0.15) is 0 Å². The minimum absolute atomic E-state index is 0.0359. The predicted molar refractivity (Wildman–Crippen MR) is 66.1 cm³/mol. The zero-order valence-corrected chi connectivity index (χ0v) is 9.65. The third-order valence-corrected chi connectivity index (χ3v) is 2.60. The molecule has 2 unspecified atom stereocenters. The van der Waals surface area contributed by atoms with Crippen LogP contribution in [-0.2, 0) is 0 Å². The summed E-state index contributed by atoms with van der Waals surface area (Å²) >= 11 is 0. The fourth-order valence-electron chi connectivity index (χ4n) is 1.75. The first-order chi connectivity index (χ1) is 8.70.